The lowest BCUT2D eigenvalue weighted by molar-refractivity contribution is -0.694. The summed E-state index contributed by atoms with van der Waals surface area (Å²) >= 11 is 0. The van der Waals surface area contributed by atoms with Crippen LogP contribution in [-0.4, -0.2) is 17.7 Å². The molecule has 0 aliphatic heterocycles. The van der Waals surface area contributed by atoms with Crippen LogP contribution < -0.4 is 17.7 Å². The molecule has 120 valence electrons. The molecule has 2 aromatic carbocycles. The molecule has 2 aromatic rings. The largest absolute Gasteiger partial charge is 1.00 e. The lowest BCUT2D eigenvalue weighted by atomic mass is 10.0. The minimum Gasteiger partial charge on any atom is -1.00 e. The smallest absolute Gasteiger partial charge is 0.130 e. The molecular weight excluding hydrogens is 301 g/mol. The normalized spacial score (nSPS) is 13.2. The summed E-state index contributed by atoms with van der Waals surface area (Å²) in [5.74, 6) is -0.273. The van der Waals surface area contributed by atoms with Crippen molar-refractivity contribution in [3.05, 3.63) is 71.5 Å². The Kier molecular flexibility index (Phi) is 8.10. The Labute approximate surface area is 137 Å². The second-order valence-electron chi connectivity index (χ2n) is 5.47. The first-order valence-corrected chi connectivity index (χ1v) is 7.47. The summed E-state index contributed by atoms with van der Waals surface area (Å²) in [5.41, 5.74) is 2.11. The summed E-state index contributed by atoms with van der Waals surface area (Å²) < 4.78 is 12.9. The van der Waals surface area contributed by atoms with E-state index in [0.717, 1.165) is 24.9 Å². The average Bonchev–Trinajstić information content (AvgIpc) is 2.52. The van der Waals surface area contributed by atoms with Gasteiger partial charge in [0.2, 0.25) is 0 Å². The van der Waals surface area contributed by atoms with Gasteiger partial charge in [-0.1, -0.05) is 42.5 Å². The van der Waals surface area contributed by atoms with Crippen LogP contribution in [0.5, 0.6) is 0 Å². The Bertz CT molecular complexity index is 533. The molecule has 0 saturated carbocycles. The van der Waals surface area contributed by atoms with Gasteiger partial charge in [-0.3, -0.25) is 0 Å². The van der Waals surface area contributed by atoms with Gasteiger partial charge in [-0.25, -0.2) is 4.39 Å². The number of benzene rings is 2. The molecule has 0 aliphatic rings. The quantitative estimate of drug-likeness (QED) is 0.659. The van der Waals surface area contributed by atoms with E-state index in [-0.39, 0.29) is 24.3 Å². The molecule has 0 heterocycles. The zero-order valence-corrected chi connectivity index (χ0v) is 13.5. The van der Waals surface area contributed by atoms with E-state index in [2.05, 4.69) is 29.6 Å². The van der Waals surface area contributed by atoms with Crippen LogP contribution in [0.2, 0.25) is 0 Å². The first kappa shape index (κ1) is 18.6. The van der Waals surface area contributed by atoms with Gasteiger partial charge in [-0.05, 0) is 36.6 Å². The third-order valence-corrected chi connectivity index (χ3v) is 3.76. The van der Waals surface area contributed by atoms with Crippen LogP contribution >= 0.6 is 0 Å². The zero-order valence-electron chi connectivity index (χ0n) is 12.8. The molecule has 22 heavy (non-hydrogen) atoms. The molecule has 0 radical (unpaired) electrons. The highest BCUT2D eigenvalue weighted by atomic mass is 35.5. The van der Waals surface area contributed by atoms with Crippen LogP contribution in [0.1, 0.15) is 30.6 Å². The van der Waals surface area contributed by atoms with Gasteiger partial charge in [0, 0.05) is 6.42 Å². The Hall–Kier alpha value is -1.42. The molecule has 2 nitrogen and oxygen atoms in total. The molecule has 0 bridgehead atoms. The predicted octanol–water partition coefficient (Wildman–Crippen LogP) is -0.552. The Balaban J connectivity index is 0.00000242. The van der Waals surface area contributed by atoms with E-state index in [1.807, 2.05) is 13.0 Å². The van der Waals surface area contributed by atoms with Gasteiger partial charge in [0.25, 0.3) is 0 Å². The SMILES string of the molecule is CC([NH2+]CCCc1ccccc1)C(O)c1ccc(F)cc1.[Cl-]. The summed E-state index contributed by atoms with van der Waals surface area (Å²) in [6.45, 7) is 2.96. The van der Waals surface area contributed by atoms with Crippen molar-refractivity contribution >= 4 is 0 Å². The third kappa shape index (κ3) is 5.76. The highest BCUT2D eigenvalue weighted by Crippen LogP contribution is 2.15. The molecular formula is C18H23ClFNO. The minimum absolute atomic E-state index is 0. The number of halogens is 2. The van der Waals surface area contributed by atoms with E-state index in [0.29, 0.717) is 0 Å². The van der Waals surface area contributed by atoms with Crippen molar-refractivity contribution in [2.24, 2.45) is 0 Å². The van der Waals surface area contributed by atoms with Gasteiger partial charge >= 0.3 is 0 Å². The van der Waals surface area contributed by atoms with E-state index in [1.165, 1.54) is 17.7 Å². The highest BCUT2D eigenvalue weighted by molar-refractivity contribution is 5.19. The fraction of sp³-hybridized carbons (Fsp3) is 0.333. The molecule has 2 unspecified atom stereocenters. The molecule has 0 fully saturated rings. The molecule has 0 aliphatic carbocycles. The molecule has 0 aromatic heterocycles. The second kappa shape index (κ2) is 9.57. The van der Waals surface area contributed by atoms with Crippen molar-refractivity contribution in [2.45, 2.75) is 31.9 Å². The van der Waals surface area contributed by atoms with E-state index < -0.39 is 6.10 Å². The summed E-state index contributed by atoms with van der Waals surface area (Å²) in [7, 11) is 0. The number of hydrogen-bond donors (Lipinski definition) is 2. The number of hydrogen-bond acceptors (Lipinski definition) is 1. The van der Waals surface area contributed by atoms with E-state index in [4.69, 9.17) is 0 Å². The first-order chi connectivity index (χ1) is 10.2. The van der Waals surface area contributed by atoms with Crippen molar-refractivity contribution in [1.82, 2.24) is 0 Å². The first-order valence-electron chi connectivity index (χ1n) is 7.47. The maximum absolute atomic E-state index is 12.9. The van der Waals surface area contributed by atoms with E-state index in [1.54, 1.807) is 12.1 Å². The van der Waals surface area contributed by atoms with Crippen molar-refractivity contribution in [2.75, 3.05) is 6.54 Å². The number of aryl methyl sites for hydroxylation is 1. The van der Waals surface area contributed by atoms with E-state index >= 15 is 0 Å². The van der Waals surface area contributed by atoms with Gasteiger partial charge in [0.05, 0.1) is 6.54 Å². The number of quaternary nitrogens is 1. The van der Waals surface area contributed by atoms with E-state index in [9.17, 15) is 9.50 Å². The summed E-state index contributed by atoms with van der Waals surface area (Å²) in [4.78, 5) is 0. The van der Waals surface area contributed by atoms with Crippen LogP contribution in [-0.2, 0) is 6.42 Å². The summed E-state index contributed by atoms with van der Waals surface area (Å²) in [6, 6.07) is 16.5. The van der Waals surface area contributed by atoms with Crippen molar-refractivity contribution in [1.29, 1.82) is 0 Å². The highest BCUT2D eigenvalue weighted by Gasteiger charge is 2.18. The van der Waals surface area contributed by atoms with Crippen LogP contribution in [0.15, 0.2) is 54.6 Å². The molecule has 0 amide bonds. The topological polar surface area (TPSA) is 36.8 Å². The Morgan fingerprint density at radius 3 is 2.32 bits per heavy atom. The Morgan fingerprint density at radius 2 is 1.68 bits per heavy atom. The maximum Gasteiger partial charge on any atom is 0.130 e. The van der Waals surface area contributed by atoms with Gasteiger partial charge in [0.1, 0.15) is 18.0 Å². The number of nitrogens with two attached hydrogens (primary N) is 1. The summed E-state index contributed by atoms with van der Waals surface area (Å²) in [5, 5.41) is 12.4. The fourth-order valence-corrected chi connectivity index (χ4v) is 2.42. The minimum atomic E-state index is -0.567. The molecule has 0 saturated heterocycles. The fourth-order valence-electron chi connectivity index (χ4n) is 2.42. The Morgan fingerprint density at radius 1 is 1.05 bits per heavy atom. The molecule has 0 spiro atoms. The number of aliphatic hydroxyl groups excluding tert-OH is 1. The van der Waals surface area contributed by atoms with Crippen molar-refractivity contribution in [3.8, 4) is 0 Å². The van der Waals surface area contributed by atoms with Crippen LogP contribution in [0.25, 0.3) is 0 Å². The average molecular weight is 324 g/mol. The van der Waals surface area contributed by atoms with Gasteiger partial charge < -0.3 is 22.8 Å². The molecule has 2 atom stereocenters. The molecule has 3 N–H and O–H groups in total. The molecule has 2 rings (SSSR count). The maximum atomic E-state index is 12.9. The number of aliphatic hydroxyl groups is 1. The van der Waals surface area contributed by atoms with Crippen LogP contribution in [0.4, 0.5) is 4.39 Å². The van der Waals surface area contributed by atoms with Crippen LogP contribution in [0.3, 0.4) is 0 Å². The predicted molar refractivity (Wildman–Crippen MR) is 82.4 cm³/mol. The lowest BCUT2D eigenvalue weighted by Crippen LogP contribution is -3.00. The van der Waals surface area contributed by atoms with Crippen molar-refractivity contribution < 1.29 is 27.2 Å². The third-order valence-electron chi connectivity index (χ3n) is 3.76. The van der Waals surface area contributed by atoms with Crippen LogP contribution in [0, 0.1) is 5.82 Å². The summed E-state index contributed by atoms with van der Waals surface area (Å²) in [6.07, 6.45) is 1.56. The van der Waals surface area contributed by atoms with Gasteiger partial charge in [-0.2, -0.15) is 0 Å². The number of rotatable bonds is 7. The standard InChI is InChI=1S/C18H22FNO.ClH/c1-14(18(21)16-9-11-17(19)12-10-16)20-13-5-8-15-6-3-2-4-7-15;/h2-4,6-7,9-12,14,18,20-21H,5,8,13H2,1H3;1H. The monoisotopic (exact) mass is 323 g/mol. The lowest BCUT2D eigenvalue weighted by Gasteiger charge is -2.17. The van der Waals surface area contributed by atoms with Gasteiger partial charge in [-0.15, -0.1) is 0 Å². The molecule has 4 heteroatoms. The second-order valence-corrected chi connectivity index (χ2v) is 5.47. The van der Waals surface area contributed by atoms with Crippen molar-refractivity contribution in [3.63, 3.8) is 0 Å². The zero-order chi connectivity index (χ0) is 15.1. The van der Waals surface area contributed by atoms with Gasteiger partial charge in [0.15, 0.2) is 0 Å².